The number of aromatic nitrogens is 4. The largest absolute Gasteiger partial charge is 0.324 e. The van der Waals surface area contributed by atoms with Gasteiger partial charge in [0.25, 0.3) is 11.8 Å². The van der Waals surface area contributed by atoms with E-state index in [-0.39, 0.29) is 11.8 Å². The number of fused-ring (bicyclic) bond motifs is 2. The molecule has 5 rings (SSSR count). The number of nitrogens with zero attached hydrogens (tertiary/aromatic N) is 4. The Bertz CT molecular complexity index is 1330. The van der Waals surface area contributed by atoms with Gasteiger partial charge < -0.3 is 15.2 Å². The minimum absolute atomic E-state index is 0.180. The van der Waals surface area contributed by atoms with Crippen LogP contribution >= 0.6 is 0 Å². The van der Waals surface area contributed by atoms with Gasteiger partial charge >= 0.3 is 0 Å². The third-order valence-electron chi connectivity index (χ3n) is 5.66. The van der Waals surface area contributed by atoms with Crippen molar-refractivity contribution in [2.45, 2.75) is 26.3 Å². The molecule has 0 aliphatic carbocycles. The number of rotatable bonds is 4. The van der Waals surface area contributed by atoms with E-state index in [1.165, 1.54) is 0 Å². The van der Waals surface area contributed by atoms with Gasteiger partial charge in [-0.2, -0.15) is 5.10 Å². The Labute approximate surface area is 178 Å². The summed E-state index contributed by atoms with van der Waals surface area (Å²) < 4.78 is 3.66. The molecule has 0 radical (unpaired) electrons. The summed E-state index contributed by atoms with van der Waals surface area (Å²) in [5, 5.41) is 11.0. The number of benzene rings is 2. The highest BCUT2D eigenvalue weighted by Gasteiger charge is 2.21. The number of aryl methyl sites for hydroxylation is 3. The molecule has 8 nitrogen and oxygen atoms in total. The summed E-state index contributed by atoms with van der Waals surface area (Å²) >= 11 is 0. The first kappa shape index (κ1) is 19.0. The highest BCUT2D eigenvalue weighted by Crippen LogP contribution is 2.24. The first-order chi connectivity index (χ1) is 15.0. The molecule has 0 saturated carbocycles. The van der Waals surface area contributed by atoms with Crippen molar-refractivity contribution in [3.63, 3.8) is 0 Å². The van der Waals surface area contributed by atoms with Crippen LogP contribution < -0.4 is 10.6 Å². The van der Waals surface area contributed by atoms with Crippen LogP contribution in [-0.2, 0) is 20.0 Å². The molecule has 2 aromatic heterocycles. The molecule has 31 heavy (non-hydrogen) atoms. The molecule has 156 valence electrons. The summed E-state index contributed by atoms with van der Waals surface area (Å²) in [6.07, 6.45) is 3.56. The Balaban J connectivity index is 1.33. The van der Waals surface area contributed by atoms with Crippen molar-refractivity contribution in [3.05, 3.63) is 71.4 Å². The van der Waals surface area contributed by atoms with Gasteiger partial charge in [-0.25, -0.2) is 4.98 Å². The lowest BCUT2D eigenvalue weighted by Gasteiger charge is -2.11. The number of para-hydroxylation sites is 1. The highest BCUT2D eigenvalue weighted by molar-refractivity contribution is 6.11. The summed E-state index contributed by atoms with van der Waals surface area (Å²) in [5.74, 6) is 0.505. The van der Waals surface area contributed by atoms with Crippen LogP contribution in [0.5, 0.6) is 0 Å². The predicted molar refractivity (Wildman–Crippen MR) is 118 cm³/mol. The molecule has 4 aromatic rings. The van der Waals surface area contributed by atoms with Crippen molar-refractivity contribution < 1.29 is 9.59 Å². The van der Waals surface area contributed by atoms with Gasteiger partial charge in [-0.05, 0) is 43.2 Å². The summed E-state index contributed by atoms with van der Waals surface area (Å²) in [5.41, 5.74) is 4.03. The van der Waals surface area contributed by atoms with E-state index in [2.05, 4.69) is 20.7 Å². The maximum Gasteiger partial charge on any atom is 0.276 e. The van der Waals surface area contributed by atoms with Crippen LogP contribution in [-0.4, -0.2) is 31.1 Å². The van der Waals surface area contributed by atoms with E-state index in [9.17, 15) is 9.59 Å². The molecule has 0 spiro atoms. The standard InChI is InChI=1S/C23H22N6O2/c1-14-12-15(25-23(31)21-16-6-3-4-7-18(16)28(2)27-21)9-10-17(14)26-22(30)19-13-24-20-8-5-11-29(19)20/h3-4,6-7,9-10,12-13H,5,8,11H2,1-2H3,(H,25,31)(H,26,30). The molecule has 3 heterocycles. The Morgan fingerprint density at radius 1 is 1.06 bits per heavy atom. The number of hydrogen-bond acceptors (Lipinski definition) is 4. The first-order valence-electron chi connectivity index (χ1n) is 10.2. The number of hydrogen-bond donors (Lipinski definition) is 2. The molecule has 0 atom stereocenters. The molecule has 0 saturated heterocycles. The number of amides is 2. The van der Waals surface area contributed by atoms with E-state index in [1.54, 1.807) is 23.0 Å². The highest BCUT2D eigenvalue weighted by atomic mass is 16.2. The second-order valence-corrected chi connectivity index (χ2v) is 7.74. The van der Waals surface area contributed by atoms with Gasteiger partial charge in [-0.3, -0.25) is 14.3 Å². The van der Waals surface area contributed by atoms with Crippen LogP contribution in [0.1, 0.15) is 38.8 Å². The monoisotopic (exact) mass is 414 g/mol. The normalized spacial score (nSPS) is 12.7. The zero-order valence-corrected chi connectivity index (χ0v) is 17.3. The summed E-state index contributed by atoms with van der Waals surface area (Å²) in [6, 6.07) is 13.0. The maximum absolute atomic E-state index is 12.8. The van der Waals surface area contributed by atoms with Crippen LogP contribution in [0.25, 0.3) is 10.9 Å². The Morgan fingerprint density at radius 2 is 1.90 bits per heavy atom. The molecule has 1 aliphatic rings. The molecule has 0 fully saturated rings. The Kier molecular flexibility index (Phi) is 4.54. The fourth-order valence-corrected chi connectivity index (χ4v) is 4.08. The number of imidazole rings is 1. The SMILES string of the molecule is Cc1cc(NC(=O)c2nn(C)c3ccccc23)ccc1NC(=O)c1cnc2n1CCC2. The summed E-state index contributed by atoms with van der Waals surface area (Å²) in [6.45, 7) is 2.71. The summed E-state index contributed by atoms with van der Waals surface area (Å²) in [7, 11) is 1.82. The quantitative estimate of drug-likeness (QED) is 0.534. The molecule has 0 unspecified atom stereocenters. The van der Waals surface area contributed by atoms with Crippen LogP contribution in [0.4, 0.5) is 11.4 Å². The van der Waals surface area contributed by atoms with Gasteiger partial charge in [-0.1, -0.05) is 18.2 Å². The molecule has 8 heteroatoms. The van der Waals surface area contributed by atoms with Gasteiger partial charge in [-0.15, -0.1) is 0 Å². The molecule has 1 aliphatic heterocycles. The first-order valence-corrected chi connectivity index (χ1v) is 10.2. The third-order valence-corrected chi connectivity index (χ3v) is 5.66. The Hall–Kier alpha value is -3.94. The zero-order chi connectivity index (χ0) is 21.5. The topological polar surface area (TPSA) is 93.8 Å². The molecule has 2 N–H and O–H groups in total. The van der Waals surface area contributed by atoms with Gasteiger partial charge in [0.05, 0.1) is 11.7 Å². The number of carbonyl (C=O) groups is 2. The lowest BCUT2D eigenvalue weighted by atomic mass is 10.1. The number of carbonyl (C=O) groups excluding carboxylic acids is 2. The minimum atomic E-state index is -0.275. The number of anilines is 2. The van der Waals surface area contributed by atoms with Crippen molar-refractivity contribution in [3.8, 4) is 0 Å². The van der Waals surface area contributed by atoms with Gasteiger partial charge in [0.1, 0.15) is 11.5 Å². The van der Waals surface area contributed by atoms with E-state index in [0.717, 1.165) is 41.7 Å². The van der Waals surface area contributed by atoms with Crippen molar-refractivity contribution in [2.24, 2.45) is 7.05 Å². The van der Waals surface area contributed by atoms with E-state index < -0.39 is 0 Å². The molecular weight excluding hydrogens is 392 g/mol. The van der Waals surface area contributed by atoms with E-state index >= 15 is 0 Å². The smallest absolute Gasteiger partial charge is 0.276 e. The molecule has 2 amide bonds. The average Bonchev–Trinajstić information content (AvgIpc) is 3.45. The summed E-state index contributed by atoms with van der Waals surface area (Å²) in [4.78, 5) is 29.8. The second-order valence-electron chi connectivity index (χ2n) is 7.74. The second kappa shape index (κ2) is 7.39. The van der Waals surface area contributed by atoms with E-state index in [4.69, 9.17) is 0 Å². The fourth-order valence-electron chi connectivity index (χ4n) is 4.08. The fraction of sp³-hybridized carbons (Fsp3) is 0.217. The molecule has 0 bridgehead atoms. The Morgan fingerprint density at radius 3 is 2.74 bits per heavy atom. The predicted octanol–water partition coefficient (Wildman–Crippen LogP) is 3.53. The van der Waals surface area contributed by atoms with Crippen LogP contribution in [0.15, 0.2) is 48.7 Å². The van der Waals surface area contributed by atoms with Crippen LogP contribution in [0, 0.1) is 6.92 Å². The van der Waals surface area contributed by atoms with Crippen LogP contribution in [0.2, 0.25) is 0 Å². The maximum atomic E-state index is 12.8. The van der Waals surface area contributed by atoms with Crippen molar-refractivity contribution >= 4 is 34.1 Å². The van der Waals surface area contributed by atoms with E-state index in [0.29, 0.717) is 22.8 Å². The van der Waals surface area contributed by atoms with Crippen molar-refractivity contribution in [1.82, 2.24) is 19.3 Å². The van der Waals surface area contributed by atoms with Gasteiger partial charge in [0.15, 0.2) is 5.69 Å². The molecular formula is C23H22N6O2. The van der Waals surface area contributed by atoms with Crippen molar-refractivity contribution in [2.75, 3.05) is 10.6 Å². The minimum Gasteiger partial charge on any atom is -0.324 e. The van der Waals surface area contributed by atoms with Gasteiger partial charge in [0.2, 0.25) is 0 Å². The third kappa shape index (κ3) is 3.35. The number of nitrogens with one attached hydrogen (secondary N) is 2. The van der Waals surface area contributed by atoms with Crippen molar-refractivity contribution in [1.29, 1.82) is 0 Å². The average molecular weight is 414 g/mol. The molecule has 2 aromatic carbocycles. The van der Waals surface area contributed by atoms with Crippen LogP contribution in [0.3, 0.4) is 0 Å². The van der Waals surface area contributed by atoms with E-state index in [1.807, 2.05) is 48.9 Å². The lowest BCUT2D eigenvalue weighted by Crippen LogP contribution is -2.17. The van der Waals surface area contributed by atoms with Gasteiger partial charge in [0, 0.05) is 36.8 Å². The zero-order valence-electron chi connectivity index (χ0n) is 17.3. The lowest BCUT2D eigenvalue weighted by molar-refractivity contribution is 0.101.